The molecule has 0 saturated heterocycles. The van der Waals surface area contributed by atoms with Gasteiger partial charge < -0.3 is 19.4 Å². The molecular formula is C21H23N3O4S. The van der Waals surface area contributed by atoms with Gasteiger partial charge in [0.25, 0.3) is 5.91 Å². The van der Waals surface area contributed by atoms with Crippen LogP contribution in [0.15, 0.2) is 52.9 Å². The molecule has 3 aromatic rings. The van der Waals surface area contributed by atoms with Crippen LogP contribution >= 0.6 is 12.2 Å². The standard InChI is InChI=1S/C21H23N3O4S/c1-24(2)13-16-5-3-4-15-12-18(28-19(15)16)20(25)22-10-11-27-17-8-6-14(7-9-17)21(29)23-26/h3-9,12,26H,10-11,13H2,1-2H3,(H,22,25)(H,23,29). The average molecular weight is 413 g/mol. The molecule has 1 aromatic heterocycles. The van der Waals surface area contributed by atoms with Gasteiger partial charge in [0.1, 0.15) is 22.9 Å². The molecule has 8 heteroatoms. The van der Waals surface area contributed by atoms with E-state index >= 15 is 0 Å². The number of furan rings is 1. The molecule has 1 heterocycles. The SMILES string of the molecule is CN(C)Cc1cccc2cc(C(=O)NCCOc3ccc(C(=S)NO)cc3)oc12. The van der Waals surface area contributed by atoms with E-state index in [1.165, 1.54) is 0 Å². The van der Waals surface area contributed by atoms with Gasteiger partial charge >= 0.3 is 0 Å². The van der Waals surface area contributed by atoms with Crippen molar-refractivity contribution in [3.05, 3.63) is 65.4 Å². The zero-order chi connectivity index (χ0) is 20.8. The molecule has 29 heavy (non-hydrogen) atoms. The number of rotatable bonds is 8. The molecule has 0 spiro atoms. The molecule has 152 valence electrons. The number of para-hydroxylation sites is 1. The van der Waals surface area contributed by atoms with Gasteiger partial charge in [0.05, 0.1) is 6.54 Å². The Morgan fingerprint density at radius 3 is 2.66 bits per heavy atom. The van der Waals surface area contributed by atoms with Crippen molar-refractivity contribution >= 4 is 34.1 Å². The van der Waals surface area contributed by atoms with Crippen LogP contribution < -0.4 is 15.5 Å². The van der Waals surface area contributed by atoms with Crippen molar-refractivity contribution in [2.75, 3.05) is 27.2 Å². The molecular weight excluding hydrogens is 390 g/mol. The highest BCUT2D eigenvalue weighted by Gasteiger charge is 2.14. The van der Waals surface area contributed by atoms with Crippen LogP contribution in [-0.2, 0) is 6.54 Å². The van der Waals surface area contributed by atoms with Gasteiger partial charge in [-0.3, -0.25) is 15.5 Å². The summed E-state index contributed by atoms with van der Waals surface area (Å²) in [4.78, 5) is 14.7. The first-order chi connectivity index (χ1) is 14.0. The Morgan fingerprint density at radius 1 is 1.21 bits per heavy atom. The van der Waals surface area contributed by atoms with Crippen molar-refractivity contribution in [3.8, 4) is 5.75 Å². The molecule has 0 aliphatic heterocycles. The average Bonchev–Trinajstić information content (AvgIpc) is 3.16. The van der Waals surface area contributed by atoms with E-state index < -0.39 is 0 Å². The molecule has 2 aromatic carbocycles. The number of carbonyl (C=O) groups excluding carboxylic acids is 1. The molecule has 7 nitrogen and oxygen atoms in total. The first-order valence-electron chi connectivity index (χ1n) is 9.09. The quantitative estimate of drug-likeness (QED) is 0.297. The molecule has 0 atom stereocenters. The predicted octanol–water partition coefficient (Wildman–Crippen LogP) is 2.96. The van der Waals surface area contributed by atoms with Gasteiger partial charge in [0, 0.05) is 23.1 Å². The normalized spacial score (nSPS) is 10.9. The molecule has 0 saturated carbocycles. The number of hydrogen-bond donors (Lipinski definition) is 3. The highest BCUT2D eigenvalue weighted by Crippen LogP contribution is 2.24. The van der Waals surface area contributed by atoms with E-state index in [0.717, 1.165) is 23.1 Å². The second-order valence-corrected chi connectivity index (χ2v) is 7.16. The molecule has 0 bridgehead atoms. The van der Waals surface area contributed by atoms with Crippen molar-refractivity contribution in [2.24, 2.45) is 0 Å². The molecule has 0 aliphatic rings. The van der Waals surface area contributed by atoms with E-state index in [0.29, 0.717) is 24.5 Å². The fraction of sp³-hybridized carbons (Fsp3) is 0.238. The smallest absolute Gasteiger partial charge is 0.287 e. The lowest BCUT2D eigenvalue weighted by molar-refractivity contribution is 0.0921. The first kappa shape index (κ1) is 20.8. The van der Waals surface area contributed by atoms with Gasteiger partial charge in [0.15, 0.2) is 5.76 Å². The van der Waals surface area contributed by atoms with Crippen LogP contribution in [0, 0.1) is 0 Å². The number of hydrogen-bond acceptors (Lipinski definition) is 6. The maximum absolute atomic E-state index is 12.4. The topological polar surface area (TPSA) is 87.0 Å². The van der Waals surface area contributed by atoms with E-state index in [9.17, 15) is 4.79 Å². The Hall–Kier alpha value is -2.94. The Balaban J connectivity index is 1.54. The van der Waals surface area contributed by atoms with E-state index in [-0.39, 0.29) is 16.7 Å². The number of amides is 1. The maximum Gasteiger partial charge on any atom is 0.287 e. The van der Waals surface area contributed by atoms with Crippen molar-refractivity contribution in [2.45, 2.75) is 6.54 Å². The van der Waals surface area contributed by atoms with Crippen LogP contribution in [0.5, 0.6) is 5.75 Å². The Morgan fingerprint density at radius 2 is 1.97 bits per heavy atom. The third kappa shape index (κ3) is 5.32. The van der Waals surface area contributed by atoms with Gasteiger partial charge in [0.2, 0.25) is 0 Å². The van der Waals surface area contributed by atoms with Gasteiger partial charge in [-0.25, -0.2) is 0 Å². The van der Waals surface area contributed by atoms with Crippen molar-refractivity contribution in [1.82, 2.24) is 15.7 Å². The number of thiocarbonyl (C=S) groups is 1. The predicted molar refractivity (Wildman–Crippen MR) is 114 cm³/mol. The van der Waals surface area contributed by atoms with Gasteiger partial charge in [-0.1, -0.05) is 30.4 Å². The van der Waals surface area contributed by atoms with Crippen molar-refractivity contribution in [1.29, 1.82) is 0 Å². The van der Waals surface area contributed by atoms with Gasteiger partial charge in [-0.2, -0.15) is 0 Å². The Labute approximate surface area is 174 Å². The molecule has 0 radical (unpaired) electrons. The monoisotopic (exact) mass is 413 g/mol. The summed E-state index contributed by atoms with van der Waals surface area (Å²) in [6, 6.07) is 14.6. The number of nitrogens with one attached hydrogen (secondary N) is 2. The summed E-state index contributed by atoms with van der Waals surface area (Å²) in [6.07, 6.45) is 0. The van der Waals surface area contributed by atoms with E-state index in [1.54, 1.807) is 30.3 Å². The zero-order valence-corrected chi connectivity index (χ0v) is 17.1. The Kier molecular flexibility index (Phi) is 6.82. The summed E-state index contributed by atoms with van der Waals surface area (Å²) in [5, 5.41) is 12.5. The molecule has 0 unspecified atom stereocenters. The summed E-state index contributed by atoms with van der Waals surface area (Å²) in [6.45, 7) is 1.37. The van der Waals surface area contributed by atoms with E-state index in [4.69, 9.17) is 26.6 Å². The number of nitrogens with zero attached hydrogens (tertiary/aromatic N) is 1. The second kappa shape index (κ2) is 9.51. The third-order valence-electron chi connectivity index (χ3n) is 4.21. The zero-order valence-electron chi connectivity index (χ0n) is 16.3. The van der Waals surface area contributed by atoms with Gasteiger partial charge in [-0.15, -0.1) is 0 Å². The summed E-state index contributed by atoms with van der Waals surface area (Å²) >= 11 is 4.94. The summed E-state index contributed by atoms with van der Waals surface area (Å²) in [7, 11) is 3.97. The maximum atomic E-state index is 12.4. The Bertz CT molecular complexity index is 999. The minimum atomic E-state index is -0.282. The number of carbonyl (C=O) groups is 1. The number of fused-ring (bicyclic) bond motifs is 1. The van der Waals surface area contributed by atoms with Crippen LogP contribution in [0.25, 0.3) is 11.0 Å². The number of ether oxygens (including phenoxy) is 1. The van der Waals surface area contributed by atoms with Crippen LogP contribution in [0.1, 0.15) is 21.7 Å². The van der Waals surface area contributed by atoms with Crippen molar-refractivity contribution < 1.29 is 19.2 Å². The first-order valence-corrected chi connectivity index (χ1v) is 9.50. The van der Waals surface area contributed by atoms with Crippen LogP contribution in [0.2, 0.25) is 0 Å². The minimum Gasteiger partial charge on any atom is -0.492 e. The fourth-order valence-corrected chi connectivity index (χ4v) is 3.02. The largest absolute Gasteiger partial charge is 0.492 e. The molecule has 3 rings (SSSR count). The summed E-state index contributed by atoms with van der Waals surface area (Å²) in [5.74, 6) is 0.636. The van der Waals surface area contributed by atoms with Crippen LogP contribution in [0.4, 0.5) is 0 Å². The molecule has 0 fully saturated rings. The summed E-state index contributed by atoms with van der Waals surface area (Å²) < 4.78 is 11.4. The van der Waals surface area contributed by atoms with Crippen molar-refractivity contribution in [3.63, 3.8) is 0 Å². The highest BCUT2D eigenvalue weighted by molar-refractivity contribution is 7.80. The van der Waals surface area contributed by atoms with Crippen LogP contribution in [-0.4, -0.2) is 48.2 Å². The van der Waals surface area contributed by atoms with Crippen LogP contribution in [0.3, 0.4) is 0 Å². The fourth-order valence-electron chi connectivity index (χ4n) is 2.89. The van der Waals surface area contributed by atoms with Gasteiger partial charge in [-0.05, 0) is 44.4 Å². The lowest BCUT2D eigenvalue weighted by atomic mass is 10.1. The van der Waals surface area contributed by atoms with E-state index in [2.05, 4.69) is 10.2 Å². The van der Waals surface area contributed by atoms with E-state index in [1.807, 2.05) is 37.8 Å². The highest BCUT2D eigenvalue weighted by atomic mass is 32.1. The third-order valence-corrected chi connectivity index (χ3v) is 4.54. The minimum absolute atomic E-state index is 0.239. The molecule has 1 amide bonds. The molecule has 3 N–H and O–H groups in total. The number of hydroxylamine groups is 1. The lowest BCUT2D eigenvalue weighted by Gasteiger charge is -2.09. The second-order valence-electron chi connectivity index (χ2n) is 6.75. The summed E-state index contributed by atoms with van der Waals surface area (Å²) in [5.41, 5.74) is 4.39. The molecule has 0 aliphatic carbocycles. The number of benzene rings is 2. The lowest BCUT2D eigenvalue weighted by Crippen LogP contribution is -2.27.